The molecule has 0 aromatic rings. The topological polar surface area (TPSA) is 78.9 Å². The summed E-state index contributed by atoms with van der Waals surface area (Å²) in [5.41, 5.74) is 0. The molecule has 0 bridgehead atoms. The van der Waals surface area contributed by atoms with Crippen LogP contribution in [-0.4, -0.2) is 37.2 Å². The van der Waals surface area contributed by atoms with Gasteiger partial charge in [-0.25, -0.2) is 0 Å². The Kier molecular flexibility index (Phi) is 38.0. The molecule has 0 aliphatic heterocycles. The fraction of sp³-hybridized carbons (Fsp3) is 0.841. The molecular formula is C44H80O6. The highest BCUT2D eigenvalue weighted by atomic mass is 16.6. The second kappa shape index (κ2) is 39.7. The van der Waals surface area contributed by atoms with Crippen LogP contribution in [0.5, 0.6) is 0 Å². The lowest BCUT2D eigenvalue weighted by Crippen LogP contribution is -2.30. The molecule has 292 valence electrons. The molecule has 1 atom stereocenters. The number of allylic oxidation sites excluding steroid dienone is 4. The molecule has 0 fully saturated rings. The summed E-state index contributed by atoms with van der Waals surface area (Å²) in [6, 6.07) is 0. The van der Waals surface area contributed by atoms with Crippen molar-refractivity contribution in [1.82, 2.24) is 0 Å². The molecule has 0 saturated carbocycles. The molecule has 6 nitrogen and oxygen atoms in total. The van der Waals surface area contributed by atoms with E-state index >= 15 is 0 Å². The SMILES string of the molecule is CCCC/C=C\C=C/CCCCCC(=O)OC(COC(=O)CCCCCCCCCCC)COC(=O)CCCCCCCCCCCCCC. The molecule has 50 heavy (non-hydrogen) atoms. The van der Waals surface area contributed by atoms with E-state index in [9.17, 15) is 14.4 Å². The van der Waals surface area contributed by atoms with Crippen LogP contribution < -0.4 is 0 Å². The summed E-state index contributed by atoms with van der Waals surface area (Å²) in [4.78, 5) is 37.5. The number of carbonyl (C=O) groups excluding carboxylic acids is 3. The van der Waals surface area contributed by atoms with Crippen molar-refractivity contribution < 1.29 is 28.6 Å². The highest BCUT2D eigenvalue weighted by molar-refractivity contribution is 5.71. The van der Waals surface area contributed by atoms with E-state index in [1.165, 1.54) is 109 Å². The van der Waals surface area contributed by atoms with Crippen LogP contribution in [0.1, 0.15) is 220 Å². The van der Waals surface area contributed by atoms with E-state index in [-0.39, 0.29) is 31.1 Å². The number of carbonyl (C=O) groups is 3. The van der Waals surface area contributed by atoms with Crippen molar-refractivity contribution in [2.75, 3.05) is 13.2 Å². The first kappa shape index (κ1) is 47.9. The number of rotatable bonds is 38. The Balaban J connectivity index is 4.39. The maximum Gasteiger partial charge on any atom is 0.306 e. The summed E-state index contributed by atoms with van der Waals surface area (Å²) in [6.45, 7) is 6.53. The largest absolute Gasteiger partial charge is 0.462 e. The van der Waals surface area contributed by atoms with Crippen molar-refractivity contribution in [2.45, 2.75) is 226 Å². The fourth-order valence-electron chi connectivity index (χ4n) is 5.95. The van der Waals surface area contributed by atoms with Gasteiger partial charge in [0.1, 0.15) is 13.2 Å². The third-order valence-electron chi connectivity index (χ3n) is 9.24. The van der Waals surface area contributed by atoms with Crippen LogP contribution in [0.4, 0.5) is 0 Å². The molecule has 0 aromatic heterocycles. The Morgan fingerprint density at radius 1 is 0.400 bits per heavy atom. The molecular weight excluding hydrogens is 624 g/mol. The van der Waals surface area contributed by atoms with E-state index < -0.39 is 6.10 Å². The summed E-state index contributed by atoms with van der Waals surface area (Å²) in [7, 11) is 0. The van der Waals surface area contributed by atoms with Gasteiger partial charge in [0, 0.05) is 19.3 Å². The first-order valence-corrected chi connectivity index (χ1v) is 21.4. The van der Waals surface area contributed by atoms with Gasteiger partial charge in [-0.3, -0.25) is 14.4 Å². The summed E-state index contributed by atoms with van der Waals surface area (Å²) >= 11 is 0. The van der Waals surface area contributed by atoms with E-state index in [4.69, 9.17) is 14.2 Å². The zero-order chi connectivity index (χ0) is 36.6. The van der Waals surface area contributed by atoms with Crippen molar-refractivity contribution in [1.29, 1.82) is 0 Å². The smallest absolute Gasteiger partial charge is 0.306 e. The summed E-state index contributed by atoms with van der Waals surface area (Å²) in [5, 5.41) is 0. The Labute approximate surface area is 309 Å². The van der Waals surface area contributed by atoms with Gasteiger partial charge >= 0.3 is 17.9 Å². The molecule has 0 aliphatic carbocycles. The first-order chi connectivity index (χ1) is 24.5. The van der Waals surface area contributed by atoms with Gasteiger partial charge in [-0.1, -0.05) is 186 Å². The van der Waals surface area contributed by atoms with Crippen molar-refractivity contribution in [3.63, 3.8) is 0 Å². The summed E-state index contributed by atoms with van der Waals surface area (Å²) in [6.07, 6.45) is 41.6. The molecule has 0 spiro atoms. The summed E-state index contributed by atoms with van der Waals surface area (Å²) in [5.74, 6) is -0.908. The first-order valence-electron chi connectivity index (χ1n) is 21.4. The Bertz CT molecular complexity index is 819. The van der Waals surface area contributed by atoms with Crippen molar-refractivity contribution in [2.24, 2.45) is 0 Å². The molecule has 1 unspecified atom stereocenters. The summed E-state index contributed by atoms with van der Waals surface area (Å²) < 4.78 is 16.6. The van der Waals surface area contributed by atoms with Crippen LogP contribution in [0, 0.1) is 0 Å². The maximum atomic E-state index is 12.6. The average Bonchev–Trinajstić information content (AvgIpc) is 3.11. The zero-order valence-electron chi connectivity index (χ0n) is 33.2. The molecule has 0 saturated heterocycles. The van der Waals surface area contributed by atoms with E-state index in [0.717, 1.165) is 70.6 Å². The zero-order valence-corrected chi connectivity index (χ0v) is 33.2. The monoisotopic (exact) mass is 705 g/mol. The van der Waals surface area contributed by atoms with Gasteiger partial charge in [0.2, 0.25) is 0 Å². The third kappa shape index (κ3) is 37.2. The molecule has 0 heterocycles. The number of ether oxygens (including phenoxy) is 3. The number of esters is 3. The second-order valence-electron chi connectivity index (χ2n) is 14.3. The van der Waals surface area contributed by atoms with E-state index in [0.29, 0.717) is 19.3 Å². The van der Waals surface area contributed by atoms with E-state index in [1.807, 2.05) is 0 Å². The van der Waals surface area contributed by atoms with E-state index in [1.54, 1.807) is 0 Å². The molecule has 6 heteroatoms. The minimum atomic E-state index is -0.775. The Morgan fingerprint density at radius 2 is 0.720 bits per heavy atom. The average molecular weight is 705 g/mol. The minimum absolute atomic E-state index is 0.0787. The molecule has 0 rings (SSSR count). The van der Waals surface area contributed by atoms with Gasteiger partial charge in [0.15, 0.2) is 6.10 Å². The van der Waals surface area contributed by atoms with Crippen LogP contribution in [0.2, 0.25) is 0 Å². The molecule has 0 aliphatic rings. The van der Waals surface area contributed by atoms with Crippen molar-refractivity contribution in [3.05, 3.63) is 24.3 Å². The second-order valence-corrected chi connectivity index (χ2v) is 14.3. The predicted octanol–water partition coefficient (Wildman–Crippen LogP) is 13.2. The van der Waals surface area contributed by atoms with Gasteiger partial charge in [-0.2, -0.15) is 0 Å². The predicted molar refractivity (Wildman–Crippen MR) is 210 cm³/mol. The van der Waals surface area contributed by atoms with Crippen LogP contribution in [0.25, 0.3) is 0 Å². The van der Waals surface area contributed by atoms with Crippen LogP contribution in [0.15, 0.2) is 24.3 Å². The lowest BCUT2D eigenvalue weighted by molar-refractivity contribution is -0.167. The van der Waals surface area contributed by atoms with Gasteiger partial charge < -0.3 is 14.2 Å². The standard InChI is InChI=1S/C44H80O6/c1-4-7-10-13-16-19-21-23-25-28-31-34-37-43(46)49-40-41(39-48-42(45)36-33-30-27-24-18-15-12-9-6-3)50-44(47)38-35-32-29-26-22-20-17-14-11-8-5-2/h14,17,20,22,41H,4-13,15-16,18-19,21,23-40H2,1-3H3/b17-14-,22-20-. The van der Waals surface area contributed by atoms with Crippen LogP contribution in [0.3, 0.4) is 0 Å². The normalized spacial score (nSPS) is 12.1. The van der Waals surface area contributed by atoms with Crippen molar-refractivity contribution >= 4 is 17.9 Å². The Morgan fingerprint density at radius 3 is 1.12 bits per heavy atom. The number of hydrogen-bond donors (Lipinski definition) is 0. The minimum Gasteiger partial charge on any atom is -0.462 e. The molecule has 0 aromatic carbocycles. The highest BCUT2D eigenvalue weighted by Gasteiger charge is 2.19. The molecule has 0 radical (unpaired) electrons. The lowest BCUT2D eigenvalue weighted by atomic mass is 10.0. The highest BCUT2D eigenvalue weighted by Crippen LogP contribution is 2.14. The van der Waals surface area contributed by atoms with Gasteiger partial charge in [0.05, 0.1) is 0 Å². The van der Waals surface area contributed by atoms with Gasteiger partial charge in [-0.15, -0.1) is 0 Å². The number of hydrogen-bond acceptors (Lipinski definition) is 6. The molecule has 0 amide bonds. The molecule has 0 N–H and O–H groups in total. The van der Waals surface area contributed by atoms with E-state index in [2.05, 4.69) is 45.1 Å². The van der Waals surface area contributed by atoms with Gasteiger partial charge in [-0.05, 0) is 38.5 Å². The van der Waals surface area contributed by atoms with Crippen LogP contribution >= 0.6 is 0 Å². The van der Waals surface area contributed by atoms with Gasteiger partial charge in [0.25, 0.3) is 0 Å². The lowest BCUT2D eigenvalue weighted by Gasteiger charge is -2.18. The quantitative estimate of drug-likeness (QED) is 0.0275. The Hall–Kier alpha value is -2.11. The van der Waals surface area contributed by atoms with Crippen molar-refractivity contribution in [3.8, 4) is 0 Å². The third-order valence-corrected chi connectivity index (χ3v) is 9.24. The fourth-order valence-corrected chi connectivity index (χ4v) is 5.95. The maximum absolute atomic E-state index is 12.6. The number of unbranched alkanes of at least 4 members (excludes halogenated alkanes) is 24. The van der Waals surface area contributed by atoms with Crippen LogP contribution in [-0.2, 0) is 28.6 Å².